The Morgan fingerprint density at radius 2 is 2.11 bits per heavy atom. The van der Waals surface area contributed by atoms with Gasteiger partial charge < -0.3 is 9.84 Å². The molecule has 3 nitrogen and oxygen atoms in total. The SMILES string of the molecule is Cc1cc(C)c(OCC2CCC2)c(CC(=O)O)c1. The fourth-order valence-corrected chi connectivity index (χ4v) is 2.40. The van der Waals surface area contributed by atoms with Gasteiger partial charge in [-0.1, -0.05) is 24.1 Å². The summed E-state index contributed by atoms with van der Waals surface area (Å²) in [4.78, 5) is 10.9. The van der Waals surface area contributed by atoms with Gasteiger partial charge in [-0.2, -0.15) is 0 Å². The van der Waals surface area contributed by atoms with E-state index in [1.54, 1.807) is 0 Å². The largest absolute Gasteiger partial charge is 0.493 e. The summed E-state index contributed by atoms with van der Waals surface area (Å²) in [6.07, 6.45) is 3.80. The number of carboxylic acid groups (broad SMARTS) is 1. The van der Waals surface area contributed by atoms with E-state index < -0.39 is 5.97 Å². The van der Waals surface area contributed by atoms with Gasteiger partial charge in [0.15, 0.2) is 0 Å². The molecule has 0 aliphatic heterocycles. The molecule has 0 atom stereocenters. The molecule has 0 unspecified atom stereocenters. The van der Waals surface area contributed by atoms with Gasteiger partial charge in [0.05, 0.1) is 13.0 Å². The van der Waals surface area contributed by atoms with E-state index in [4.69, 9.17) is 9.84 Å². The Morgan fingerprint density at radius 1 is 1.39 bits per heavy atom. The molecule has 18 heavy (non-hydrogen) atoms. The second-order valence-electron chi connectivity index (χ2n) is 5.25. The third kappa shape index (κ3) is 3.03. The Balaban J connectivity index is 2.16. The quantitative estimate of drug-likeness (QED) is 0.871. The molecule has 1 N–H and O–H groups in total. The van der Waals surface area contributed by atoms with E-state index in [1.807, 2.05) is 26.0 Å². The Morgan fingerprint density at radius 3 is 2.67 bits per heavy atom. The highest BCUT2D eigenvalue weighted by molar-refractivity contribution is 5.72. The van der Waals surface area contributed by atoms with Crippen molar-refractivity contribution in [1.29, 1.82) is 0 Å². The van der Waals surface area contributed by atoms with Crippen molar-refractivity contribution < 1.29 is 14.6 Å². The highest BCUT2D eigenvalue weighted by atomic mass is 16.5. The fraction of sp³-hybridized carbons (Fsp3) is 0.533. The first-order chi connectivity index (χ1) is 8.56. The molecule has 1 aromatic rings. The zero-order chi connectivity index (χ0) is 13.1. The smallest absolute Gasteiger partial charge is 0.307 e. The molecule has 1 fully saturated rings. The second-order valence-corrected chi connectivity index (χ2v) is 5.25. The van der Waals surface area contributed by atoms with Crippen LogP contribution in [0.2, 0.25) is 0 Å². The maximum atomic E-state index is 10.9. The number of carbonyl (C=O) groups is 1. The summed E-state index contributed by atoms with van der Waals surface area (Å²) >= 11 is 0. The predicted octanol–water partition coefficient (Wildman–Crippen LogP) is 3.11. The number of benzene rings is 1. The molecule has 0 aromatic heterocycles. The zero-order valence-corrected chi connectivity index (χ0v) is 11.0. The van der Waals surface area contributed by atoms with E-state index in [1.165, 1.54) is 19.3 Å². The van der Waals surface area contributed by atoms with Crippen LogP contribution in [0.3, 0.4) is 0 Å². The van der Waals surface area contributed by atoms with Crippen LogP contribution in [0, 0.1) is 19.8 Å². The molecule has 3 heteroatoms. The third-order valence-electron chi connectivity index (χ3n) is 3.53. The Kier molecular flexibility index (Phi) is 3.90. The number of aryl methyl sites for hydroxylation is 2. The number of hydrogen-bond acceptors (Lipinski definition) is 2. The van der Waals surface area contributed by atoms with Crippen molar-refractivity contribution in [2.45, 2.75) is 39.5 Å². The summed E-state index contributed by atoms with van der Waals surface area (Å²) < 4.78 is 5.86. The molecular formula is C15H20O3. The Labute approximate surface area is 108 Å². The van der Waals surface area contributed by atoms with Gasteiger partial charge in [0.25, 0.3) is 0 Å². The average molecular weight is 248 g/mol. The molecule has 0 heterocycles. The van der Waals surface area contributed by atoms with Gasteiger partial charge in [0.2, 0.25) is 0 Å². The average Bonchev–Trinajstić information content (AvgIpc) is 2.18. The summed E-state index contributed by atoms with van der Waals surface area (Å²) in [5.74, 6) is 0.617. The summed E-state index contributed by atoms with van der Waals surface area (Å²) in [6, 6.07) is 3.96. The van der Waals surface area contributed by atoms with Gasteiger partial charge in [0, 0.05) is 5.56 Å². The van der Waals surface area contributed by atoms with Crippen molar-refractivity contribution in [3.63, 3.8) is 0 Å². The van der Waals surface area contributed by atoms with Crippen LogP contribution < -0.4 is 4.74 Å². The molecule has 0 spiro atoms. The molecule has 1 aliphatic carbocycles. The fourth-order valence-electron chi connectivity index (χ4n) is 2.40. The van der Waals surface area contributed by atoms with Crippen LogP contribution in [0.25, 0.3) is 0 Å². The van der Waals surface area contributed by atoms with E-state index in [9.17, 15) is 4.79 Å². The second kappa shape index (κ2) is 5.42. The van der Waals surface area contributed by atoms with Crippen molar-refractivity contribution in [3.8, 4) is 5.75 Å². The molecule has 2 rings (SSSR count). The maximum Gasteiger partial charge on any atom is 0.307 e. The van der Waals surface area contributed by atoms with Gasteiger partial charge in [-0.15, -0.1) is 0 Å². The lowest BCUT2D eigenvalue weighted by atomic mass is 9.86. The predicted molar refractivity (Wildman–Crippen MR) is 70.1 cm³/mol. The van der Waals surface area contributed by atoms with Crippen LogP contribution in [0.15, 0.2) is 12.1 Å². The van der Waals surface area contributed by atoms with Gasteiger partial charge in [-0.25, -0.2) is 0 Å². The standard InChI is InChI=1S/C15H20O3/c1-10-6-11(2)15(13(7-10)8-14(16)17)18-9-12-4-3-5-12/h6-7,12H,3-5,8-9H2,1-2H3,(H,16,17). The first-order valence-electron chi connectivity index (χ1n) is 6.51. The minimum absolute atomic E-state index is 0.0303. The number of aliphatic carboxylic acids is 1. The van der Waals surface area contributed by atoms with Gasteiger partial charge in [-0.05, 0) is 38.2 Å². The highest BCUT2D eigenvalue weighted by Gasteiger charge is 2.19. The van der Waals surface area contributed by atoms with Crippen LogP contribution >= 0.6 is 0 Å². The van der Waals surface area contributed by atoms with Crippen LogP contribution in [0.1, 0.15) is 36.0 Å². The molecule has 0 bridgehead atoms. The lowest BCUT2D eigenvalue weighted by molar-refractivity contribution is -0.136. The van der Waals surface area contributed by atoms with Crippen molar-refractivity contribution in [1.82, 2.24) is 0 Å². The van der Waals surface area contributed by atoms with E-state index in [2.05, 4.69) is 0 Å². The Hall–Kier alpha value is -1.51. The zero-order valence-electron chi connectivity index (χ0n) is 11.0. The third-order valence-corrected chi connectivity index (χ3v) is 3.53. The molecule has 0 saturated heterocycles. The van der Waals surface area contributed by atoms with Crippen molar-refractivity contribution in [2.24, 2.45) is 5.92 Å². The monoisotopic (exact) mass is 248 g/mol. The number of carboxylic acids is 1. The number of ether oxygens (including phenoxy) is 1. The maximum absolute atomic E-state index is 10.9. The van der Waals surface area contributed by atoms with Crippen LogP contribution in [-0.2, 0) is 11.2 Å². The van der Waals surface area contributed by atoms with E-state index >= 15 is 0 Å². The lowest BCUT2D eigenvalue weighted by Crippen LogP contribution is -2.20. The minimum Gasteiger partial charge on any atom is -0.493 e. The summed E-state index contributed by atoms with van der Waals surface area (Å²) in [5.41, 5.74) is 2.91. The van der Waals surface area contributed by atoms with E-state index in [-0.39, 0.29) is 6.42 Å². The van der Waals surface area contributed by atoms with Crippen molar-refractivity contribution in [3.05, 3.63) is 28.8 Å². The van der Waals surface area contributed by atoms with Gasteiger partial charge in [0.1, 0.15) is 5.75 Å². The molecule has 1 saturated carbocycles. The summed E-state index contributed by atoms with van der Waals surface area (Å²) in [5, 5.41) is 8.95. The Bertz CT molecular complexity index is 447. The van der Waals surface area contributed by atoms with Gasteiger partial charge in [-0.3, -0.25) is 4.79 Å². The number of hydrogen-bond donors (Lipinski definition) is 1. The normalized spacial score (nSPS) is 15.2. The highest BCUT2D eigenvalue weighted by Crippen LogP contribution is 2.30. The molecule has 1 aromatic carbocycles. The molecule has 0 amide bonds. The van der Waals surface area contributed by atoms with E-state index in [0.717, 1.165) is 29.0 Å². The molecule has 1 aliphatic rings. The molecular weight excluding hydrogens is 228 g/mol. The van der Waals surface area contributed by atoms with Crippen molar-refractivity contribution in [2.75, 3.05) is 6.61 Å². The van der Waals surface area contributed by atoms with E-state index in [0.29, 0.717) is 5.92 Å². The minimum atomic E-state index is -0.812. The first kappa shape index (κ1) is 12.9. The van der Waals surface area contributed by atoms with Crippen LogP contribution in [0.5, 0.6) is 5.75 Å². The summed E-state index contributed by atoms with van der Waals surface area (Å²) in [7, 11) is 0. The summed E-state index contributed by atoms with van der Waals surface area (Å²) in [6.45, 7) is 4.68. The van der Waals surface area contributed by atoms with Crippen LogP contribution in [-0.4, -0.2) is 17.7 Å². The topological polar surface area (TPSA) is 46.5 Å². The molecule has 98 valence electrons. The molecule has 0 radical (unpaired) electrons. The van der Waals surface area contributed by atoms with Gasteiger partial charge >= 0.3 is 5.97 Å². The number of rotatable bonds is 5. The first-order valence-corrected chi connectivity index (χ1v) is 6.51. The van der Waals surface area contributed by atoms with Crippen molar-refractivity contribution >= 4 is 5.97 Å². The van der Waals surface area contributed by atoms with Crippen LogP contribution in [0.4, 0.5) is 0 Å². The lowest BCUT2D eigenvalue weighted by Gasteiger charge is -2.26.